The van der Waals surface area contributed by atoms with E-state index >= 15 is 4.39 Å². The average Bonchev–Trinajstić information content (AvgIpc) is 3.27. The average molecular weight is 480 g/mol. The smallest absolute Gasteiger partial charge is 0.388 e. The van der Waals surface area contributed by atoms with Crippen LogP contribution in [0.5, 0.6) is 5.88 Å². The van der Waals surface area contributed by atoms with Crippen molar-refractivity contribution >= 4 is 11.4 Å². The Morgan fingerprint density at radius 2 is 2.00 bits per heavy atom. The van der Waals surface area contributed by atoms with Gasteiger partial charge in [-0.2, -0.15) is 19.0 Å². The number of nitrogens with zero attached hydrogens (tertiary/aromatic N) is 5. The molecule has 0 bridgehead atoms. The van der Waals surface area contributed by atoms with Crippen molar-refractivity contribution in [3.63, 3.8) is 0 Å². The number of benzene rings is 2. The lowest BCUT2D eigenvalue weighted by Crippen LogP contribution is -2.21. The molecule has 2 aromatic carbocycles. The summed E-state index contributed by atoms with van der Waals surface area (Å²) in [5.41, 5.74) is 6.99. The van der Waals surface area contributed by atoms with Crippen LogP contribution in [-0.4, -0.2) is 31.9 Å². The van der Waals surface area contributed by atoms with E-state index in [1.807, 2.05) is 25.1 Å². The molecular formula is C24H19F3N6O2. The molecule has 0 amide bonds. The topological polar surface area (TPSA) is 100 Å². The van der Waals surface area contributed by atoms with Gasteiger partial charge in [-0.1, -0.05) is 12.1 Å². The van der Waals surface area contributed by atoms with Crippen LogP contribution in [0.1, 0.15) is 11.3 Å². The minimum atomic E-state index is -3.06. The van der Waals surface area contributed by atoms with Gasteiger partial charge < -0.3 is 10.5 Å². The summed E-state index contributed by atoms with van der Waals surface area (Å²) < 4.78 is 46.9. The molecule has 0 saturated heterocycles. The van der Waals surface area contributed by atoms with E-state index in [0.717, 1.165) is 16.3 Å². The van der Waals surface area contributed by atoms with E-state index in [9.17, 15) is 13.6 Å². The molecule has 0 aliphatic heterocycles. The van der Waals surface area contributed by atoms with E-state index in [0.29, 0.717) is 5.69 Å². The molecule has 11 heteroatoms. The number of ether oxygens (including phenoxy) is 1. The molecule has 8 nitrogen and oxygen atoms in total. The lowest BCUT2D eigenvalue weighted by atomic mass is 10.2. The third-order valence-corrected chi connectivity index (χ3v) is 4.80. The molecule has 178 valence electrons. The van der Waals surface area contributed by atoms with Crippen LogP contribution < -0.4 is 15.9 Å². The molecule has 2 N–H and O–H groups in total. The molecule has 0 unspecified atom stereocenters. The van der Waals surface area contributed by atoms with Crippen LogP contribution in [0.4, 0.5) is 18.9 Å². The van der Waals surface area contributed by atoms with Gasteiger partial charge in [0.2, 0.25) is 11.3 Å². The number of nitrogens with two attached hydrogens (primary N) is 1. The van der Waals surface area contributed by atoms with E-state index in [4.69, 9.17) is 5.73 Å². The Labute approximate surface area is 197 Å². The fourth-order valence-corrected chi connectivity index (χ4v) is 3.30. The fourth-order valence-electron chi connectivity index (χ4n) is 3.30. The first-order valence-corrected chi connectivity index (χ1v) is 10.3. The number of alkyl halides is 2. The third kappa shape index (κ3) is 5.29. The number of allylic oxidation sites excluding steroid dienone is 1. The van der Waals surface area contributed by atoms with Gasteiger partial charge in [0, 0.05) is 24.4 Å². The van der Waals surface area contributed by atoms with Crippen molar-refractivity contribution in [1.82, 2.24) is 19.6 Å². The molecule has 0 atom stereocenters. The zero-order valence-electron chi connectivity index (χ0n) is 18.3. The van der Waals surface area contributed by atoms with Crippen LogP contribution >= 0.6 is 0 Å². The number of rotatable bonds is 7. The number of hydrogen-bond donors (Lipinski definition) is 1. The second-order valence-corrected chi connectivity index (χ2v) is 7.26. The molecule has 0 fully saturated rings. The summed E-state index contributed by atoms with van der Waals surface area (Å²) in [7, 11) is 0. The lowest BCUT2D eigenvalue weighted by molar-refractivity contribution is -0.0544. The zero-order chi connectivity index (χ0) is 24.9. The van der Waals surface area contributed by atoms with Crippen molar-refractivity contribution < 1.29 is 17.9 Å². The molecule has 0 spiro atoms. The van der Waals surface area contributed by atoms with Crippen LogP contribution in [0, 0.1) is 12.7 Å². The molecule has 35 heavy (non-hydrogen) atoms. The maximum atomic E-state index is 15.1. The van der Waals surface area contributed by atoms with Crippen LogP contribution in [0.15, 0.2) is 89.1 Å². The highest BCUT2D eigenvalue weighted by atomic mass is 19.3. The van der Waals surface area contributed by atoms with E-state index in [2.05, 4.69) is 19.9 Å². The van der Waals surface area contributed by atoms with Crippen molar-refractivity contribution in [2.45, 2.75) is 13.5 Å². The minimum Gasteiger partial charge on any atom is -0.417 e. The number of hydrogen-bond acceptors (Lipinski definition) is 6. The van der Waals surface area contributed by atoms with Crippen molar-refractivity contribution in [2.75, 3.05) is 0 Å². The Bertz CT molecular complexity index is 1480. The van der Waals surface area contributed by atoms with E-state index in [1.54, 1.807) is 6.07 Å². The molecular weight excluding hydrogens is 461 g/mol. The summed E-state index contributed by atoms with van der Waals surface area (Å²) in [6.45, 7) is -1.15. The maximum absolute atomic E-state index is 15.1. The van der Waals surface area contributed by atoms with Gasteiger partial charge in [-0.05, 0) is 49.0 Å². The van der Waals surface area contributed by atoms with Crippen LogP contribution in [0.2, 0.25) is 0 Å². The Hall–Kier alpha value is -4.67. The lowest BCUT2D eigenvalue weighted by Gasteiger charge is -2.12. The van der Waals surface area contributed by atoms with E-state index < -0.39 is 17.9 Å². The molecule has 0 saturated carbocycles. The molecule has 0 radical (unpaired) electrons. The minimum absolute atomic E-state index is 0.00474. The first kappa shape index (κ1) is 23.5. The summed E-state index contributed by atoms with van der Waals surface area (Å²) in [6.07, 6.45) is 5.21. The molecule has 4 aromatic rings. The fraction of sp³-hybridized carbons (Fsp3) is 0.0833. The first-order chi connectivity index (χ1) is 16.9. The van der Waals surface area contributed by atoms with Crippen LogP contribution in [0.3, 0.4) is 0 Å². The van der Waals surface area contributed by atoms with Crippen molar-refractivity contribution in [3.8, 4) is 17.3 Å². The second-order valence-electron chi connectivity index (χ2n) is 7.26. The van der Waals surface area contributed by atoms with Gasteiger partial charge in [0.25, 0.3) is 0 Å². The summed E-state index contributed by atoms with van der Waals surface area (Å²) in [5, 5.41) is 8.16. The van der Waals surface area contributed by atoms with Gasteiger partial charge in [-0.25, -0.2) is 18.7 Å². The highest BCUT2D eigenvalue weighted by molar-refractivity contribution is 6.08. The zero-order valence-corrected chi connectivity index (χ0v) is 18.3. The number of aromatic nitrogens is 4. The maximum Gasteiger partial charge on any atom is 0.388 e. The molecule has 2 heterocycles. The number of aliphatic imine (C=N–C) groups is 1. The largest absolute Gasteiger partial charge is 0.417 e. The molecule has 0 aliphatic carbocycles. The third-order valence-electron chi connectivity index (χ3n) is 4.80. The monoisotopic (exact) mass is 480 g/mol. The highest BCUT2D eigenvalue weighted by Crippen LogP contribution is 2.22. The summed E-state index contributed by atoms with van der Waals surface area (Å²) >= 11 is 0. The van der Waals surface area contributed by atoms with E-state index in [1.165, 1.54) is 53.6 Å². The Morgan fingerprint density at radius 1 is 1.17 bits per heavy atom. The standard InChI is InChI=1S/C24H19F3N6O2/c1-15-3-2-4-16(13-15)30-19(7-10-28)23-21(34)9-12-32(31-23)20-6-5-17(14-18(20)25)33-22(8-11-29-33)35-24(26)27/h2-14,24H,28H2,1H3. The van der Waals surface area contributed by atoms with Crippen molar-refractivity contribution in [2.24, 2.45) is 10.7 Å². The van der Waals surface area contributed by atoms with Gasteiger partial charge in [0.15, 0.2) is 11.5 Å². The van der Waals surface area contributed by atoms with Gasteiger partial charge >= 0.3 is 6.61 Å². The van der Waals surface area contributed by atoms with Crippen LogP contribution in [0.25, 0.3) is 11.4 Å². The summed E-state index contributed by atoms with van der Waals surface area (Å²) in [5.74, 6) is -0.990. The molecule has 0 aliphatic rings. The first-order valence-electron chi connectivity index (χ1n) is 10.3. The molecule has 4 rings (SSSR count). The SMILES string of the molecule is Cc1cccc(N=C(C=CN)c2nn(-c3ccc(-n4nccc4OC(F)F)cc3F)ccc2=O)c1. The predicted octanol–water partition coefficient (Wildman–Crippen LogP) is 4.06. The number of halogens is 3. The quantitative estimate of drug-likeness (QED) is 0.402. The van der Waals surface area contributed by atoms with Crippen LogP contribution in [-0.2, 0) is 0 Å². The van der Waals surface area contributed by atoms with Gasteiger partial charge in [0.05, 0.1) is 23.3 Å². The van der Waals surface area contributed by atoms with Crippen molar-refractivity contribution in [1.29, 1.82) is 0 Å². The normalized spacial score (nSPS) is 12.0. The number of aryl methyl sites for hydroxylation is 1. The Balaban J connectivity index is 1.74. The predicted molar refractivity (Wildman–Crippen MR) is 124 cm³/mol. The van der Waals surface area contributed by atoms with Gasteiger partial charge in [-0.3, -0.25) is 4.79 Å². The molecule has 2 aromatic heterocycles. The summed E-state index contributed by atoms with van der Waals surface area (Å²) in [4.78, 5) is 17.1. The highest BCUT2D eigenvalue weighted by Gasteiger charge is 2.15. The Morgan fingerprint density at radius 3 is 2.71 bits per heavy atom. The van der Waals surface area contributed by atoms with Gasteiger partial charge in [-0.15, -0.1) is 0 Å². The summed E-state index contributed by atoms with van der Waals surface area (Å²) in [6, 6.07) is 13.7. The van der Waals surface area contributed by atoms with Crippen molar-refractivity contribution in [3.05, 3.63) is 107 Å². The van der Waals surface area contributed by atoms with E-state index in [-0.39, 0.29) is 28.7 Å². The second kappa shape index (κ2) is 10.1. The van der Waals surface area contributed by atoms with Gasteiger partial charge in [0.1, 0.15) is 5.69 Å². The Kier molecular flexibility index (Phi) is 6.76.